The van der Waals surface area contributed by atoms with Gasteiger partial charge in [0.05, 0.1) is 11.4 Å². The first-order chi connectivity index (χ1) is 12.5. The van der Waals surface area contributed by atoms with Gasteiger partial charge in [-0.2, -0.15) is 0 Å². The monoisotopic (exact) mass is 370 g/mol. The summed E-state index contributed by atoms with van der Waals surface area (Å²) in [6.07, 6.45) is 4.70. The van der Waals surface area contributed by atoms with Crippen molar-refractivity contribution < 1.29 is 13.2 Å². The number of nitrogens with zero attached hydrogens (tertiary/aromatic N) is 1. The van der Waals surface area contributed by atoms with E-state index >= 15 is 0 Å². The smallest absolute Gasteiger partial charge is 0.248 e. The topological polar surface area (TPSA) is 66.5 Å². The number of anilines is 2. The first-order valence-electron chi connectivity index (χ1n) is 8.67. The molecule has 1 saturated heterocycles. The molecule has 0 bridgehead atoms. The predicted molar refractivity (Wildman–Crippen MR) is 106 cm³/mol. The van der Waals surface area contributed by atoms with E-state index in [1.807, 2.05) is 43.3 Å². The van der Waals surface area contributed by atoms with Crippen molar-refractivity contribution >= 4 is 33.4 Å². The number of aryl methyl sites for hydroxylation is 1. The van der Waals surface area contributed by atoms with Gasteiger partial charge in [0.2, 0.25) is 15.9 Å². The Morgan fingerprint density at radius 3 is 2.54 bits per heavy atom. The van der Waals surface area contributed by atoms with Gasteiger partial charge in [-0.05, 0) is 48.2 Å². The van der Waals surface area contributed by atoms with Gasteiger partial charge in [-0.3, -0.25) is 9.10 Å². The molecule has 1 fully saturated rings. The van der Waals surface area contributed by atoms with Gasteiger partial charge in [-0.15, -0.1) is 0 Å². The van der Waals surface area contributed by atoms with Gasteiger partial charge in [0.15, 0.2) is 0 Å². The maximum atomic E-state index is 12.1. The van der Waals surface area contributed by atoms with E-state index in [1.165, 1.54) is 10.4 Å². The van der Waals surface area contributed by atoms with E-state index in [1.54, 1.807) is 18.2 Å². The molecule has 0 aromatic heterocycles. The molecule has 3 rings (SSSR count). The van der Waals surface area contributed by atoms with Crippen molar-refractivity contribution in [1.82, 2.24) is 0 Å². The molecular formula is C20H22N2O3S. The van der Waals surface area contributed by atoms with E-state index in [0.717, 1.165) is 23.2 Å². The highest BCUT2D eigenvalue weighted by Gasteiger charge is 2.28. The summed E-state index contributed by atoms with van der Waals surface area (Å²) >= 11 is 0. The fraction of sp³-hybridized carbons (Fsp3) is 0.250. The molecule has 0 saturated carbocycles. The van der Waals surface area contributed by atoms with Gasteiger partial charge in [0.25, 0.3) is 0 Å². The van der Waals surface area contributed by atoms with Crippen molar-refractivity contribution in [3.8, 4) is 0 Å². The molecule has 2 aromatic rings. The van der Waals surface area contributed by atoms with Crippen LogP contribution in [0.5, 0.6) is 0 Å². The largest absolute Gasteiger partial charge is 0.322 e. The van der Waals surface area contributed by atoms with Crippen LogP contribution in [0.25, 0.3) is 6.08 Å². The summed E-state index contributed by atoms with van der Waals surface area (Å²) < 4.78 is 25.3. The number of amides is 1. The maximum Gasteiger partial charge on any atom is 0.248 e. The molecule has 0 atom stereocenters. The fourth-order valence-electron chi connectivity index (χ4n) is 2.98. The lowest BCUT2D eigenvalue weighted by atomic mass is 10.1. The Labute approximate surface area is 154 Å². The highest BCUT2D eigenvalue weighted by molar-refractivity contribution is 7.93. The van der Waals surface area contributed by atoms with Crippen LogP contribution in [0.1, 0.15) is 24.5 Å². The molecule has 5 nitrogen and oxygen atoms in total. The van der Waals surface area contributed by atoms with Crippen molar-refractivity contribution in [2.24, 2.45) is 0 Å². The molecule has 136 valence electrons. The first-order valence-corrected chi connectivity index (χ1v) is 10.3. The second-order valence-corrected chi connectivity index (χ2v) is 8.18. The number of carbonyl (C=O) groups is 1. The Hall–Kier alpha value is -2.60. The SMILES string of the molecule is CCc1ccccc1NC(=O)/C=C/c1ccc(N2CCCS2(=O)=O)cc1. The molecule has 0 radical (unpaired) electrons. The summed E-state index contributed by atoms with van der Waals surface area (Å²) in [7, 11) is -3.17. The maximum absolute atomic E-state index is 12.1. The second kappa shape index (κ2) is 7.74. The average Bonchev–Trinajstić information content (AvgIpc) is 3.00. The Morgan fingerprint density at radius 2 is 1.88 bits per heavy atom. The highest BCUT2D eigenvalue weighted by atomic mass is 32.2. The van der Waals surface area contributed by atoms with Crippen LogP contribution in [-0.4, -0.2) is 26.6 Å². The Morgan fingerprint density at radius 1 is 1.15 bits per heavy atom. The minimum Gasteiger partial charge on any atom is -0.322 e. The third-order valence-corrected chi connectivity index (χ3v) is 6.23. The third-order valence-electron chi connectivity index (χ3n) is 4.36. The van der Waals surface area contributed by atoms with Crippen molar-refractivity contribution in [2.45, 2.75) is 19.8 Å². The van der Waals surface area contributed by atoms with Crippen LogP contribution in [-0.2, 0) is 21.2 Å². The van der Waals surface area contributed by atoms with Crippen LogP contribution in [0, 0.1) is 0 Å². The number of hydrogen-bond donors (Lipinski definition) is 1. The van der Waals surface area contributed by atoms with E-state index in [2.05, 4.69) is 5.32 Å². The molecule has 0 unspecified atom stereocenters. The zero-order chi connectivity index (χ0) is 18.6. The van der Waals surface area contributed by atoms with Crippen LogP contribution in [0.3, 0.4) is 0 Å². The van der Waals surface area contributed by atoms with Crippen LogP contribution in [0.2, 0.25) is 0 Å². The molecule has 2 aromatic carbocycles. The Kier molecular flexibility index (Phi) is 5.42. The number of nitrogens with one attached hydrogen (secondary N) is 1. The molecule has 1 aliphatic heterocycles. The van der Waals surface area contributed by atoms with Crippen molar-refractivity contribution in [1.29, 1.82) is 0 Å². The zero-order valence-electron chi connectivity index (χ0n) is 14.7. The molecule has 1 heterocycles. The van der Waals surface area contributed by atoms with Gasteiger partial charge in [-0.25, -0.2) is 8.42 Å². The lowest BCUT2D eigenvalue weighted by Gasteiger charge is -2.16. The van der Waals surface area contributed by atoms with Crippen molar-refractivity contribution in [3.05, 3.63) is 65.7 Å². The number of sulfonamides is 1. The molecule has 1 amide bonds. The van der Waals surface area contributed by atoms with E-state index < -0.39 is 10.0 Å². The van der Waals surface area contributed by atoms with E-state index in [-0.39, 0.29) is 11.7 Å². The molecule has 0 spiro atoms. The third kappa shape index (κ3) is 4.14. The van der Waals surface area contributed by atoms with Gasteiger partial charge >= 0.3 is 0 Å². The van der Waals surface area contributed by atoms with E-state index in [4.69, 9.17) is 0 Å². The van der Waals surface area contributed by atoms with Gasteiger partial charge in [-0.1, -0.05) is 37.3 Å². The van der Waals surface area contributed by atoms with Crippen molar-refractivity contribution in [2.75, 3.05) is 21.9 Å². The molecule has 1 N–H and O–H groups in total. The minimum atomic E-state index is -3.17. The summed E-state index contributed by atoms with van der Waals surface area (Å²) in [5.74, 6) is 0.00531. The normalized spacial score (nSPS) is 16.1. The lowest BCUT2D eigenvalue weighted by Crippen LogP contribution is -2.24. The molecule has 0 aliphatic carbocycles. The fourth-order valence-corrected chi connectivity index (χ4v) is 4.54. The number of hydrogen-bond acceptors (Lipinski definition) is 3. The summed E-state index contributed by atoms with van der Waals surface area (Å²) in [6, 6.07) is 14.9. The summed E-state index contributed by atoms with van der Waals surface area (Å²) in [5, 5.41) is 2.89. The van der Waals surface area contributed by atoms with Gasteiger partial charge in [0, 0.05) is 18.3 Å². The van der Waals surface area contributed by atoms with Gasteiger partial charge < -0.3 is 5.32 Å². The quantitative estimate of drug-likeness (QED) is 0.820. The number of carbonyl (C=O) groups excluding carboxylic acids is 1. The van der Waals surface area contributed by atoms with E-state index in [9.17, 15) is 13.2 Å². The average molecular weight is 370 g/mol. The zero-order valence-corrected chi connectivity index (χ0v) is 15.5. The number of rotatable bonds is 5. The summed E-state index contributed by atoms with van der Waals surface area (Å²) in [5.41, 5.74) is 3.41. The van der Waals surface area contributed by atoms with Crippen LogP contribution < -0.4 is 9.62 Å². The van der Waals surface area contributed by atoms with Crippen LogP contribution in [0.15, 0.2) is 54.6 Å². The minimum absolute atomic E-state index is 0.197. The van der Waals surface area contributed by atoms with E-state index in [0.29, 0.717) is 18.7 Å². The molecule has 26 heavy (non-hydrogen) atoms. The van der Waals surface area contributed by atoms with Crippen molar-refractivity contribution in [3.63, 3.8) is 0 Å². The number of benzene rings is 2. The second-order valence-electron chi connectivity index (χ2n) is 6.17. The molecule has 1 aliphatic rings. The Bertz CT molecular complexity index is 918. The summed E-state index contributed by atoms with van der Waals surface area (Å²) in [6.45, 7) is 2.57. The molecule has 6 heteroatoms. The first kappa shape index (κ1) is 18.2. The predicted octanol–water partition coefficient (Wildman–Crippen LogP) is 3.44. The number of para-hydroxylation sites is 1. The van der Waals surface area contributed by atoms with Crippen LogP contribution >= 0.6 is 0 Å². The Balaban J connectivity index is 1.66. The standard InChI is InChI=1S/C20H22N2O3S/c1-2-17-6-3-4-7-19(17)21-20(23)13-10-16-8-11-18(12-9-16)22-14-5-15-26(22,24)25/h3-4,6-13H,2,5,14-15H2,1H3,(H,21,23)/b13-10+. The summed E-state index contributed by atoms with van der Waals surface area (Å²) in [4.78, 5) is 12.1. The van der Waals surface area contributed by atoms with Crippen LogP contribution in [0.4, 0.5) is 11.4 Å². The molecular weight excluding hydrogens is 348 g/mol. The highest BCUT2D eigenvalue weighted by Crippen LogP contribution is 2.24. The lowest BCUT2D eigenvalue weighted by molar-refractivity contribution is -0.111. The van der Waals surface area contributed by atoms with Gasteiger partial charge in [0.1, 0.15) is 0 Å².